The lowest BCUT2D eigenvalue weighted by Gasteiger charge is -2.34. The number of rotatable bonds is 6. The van der Waals surface area contributed by atoms with Gasteiger partial charge in [0, 0.05) is 38.7 Å². The molecule has 0 unspecified atom stereocenters. The molecule has 8 heteroatoms. The molecule has 0 aliphatic carbocycles. The third kappa shape index (κ3) is 7.14. The predicted octanol–water partition coefficient (Wildman–Crippen LogP) is 2.94. The Morgan fingerprint density at radius 1 is 1.26 bits per heavy atom. The minimum absolute atomic E-state index is 0. The number of guanidine groups is 1. The molecule has 1 aromatic carbocycles. The van der Waals surface area contributed by atoms with E-state index in [0.29, 0.717) is 0 Å². The third-order valence-corrected chi connectivity index (χ3v) is 6.87. The Hall–Kier alpha value is -1.03. The van der Waals surface area contributed by atoms with Crippen LogP contribution in [0.4, 0.5) is 0 Å². The second kappa shape index (κ2) is 10.5. The molecule has 27 heavy (non-hydrogen) atoms. The molecule has 1 aliphatic rings. The van der Waals surface area contributed by atoms with Crippen molar-refractivity contribution >= 4 is 39.8 Å². The van der Waals surface area contributed by atoms with Gasteiger partial charge in [0.05, 0.1) is 11.3 Å². The van der Waals surface area contributed by atoms with Crippen molar-refractivity contribution in [1.82, 2.24) is 10.2 Å². The van der Waals surface area contributed by atoms with Crippen molar-refractivity contribution in [3.63, 3.8) is 0 Å². The lowest BCUT2D eigenvalue weighted by atomic mass is 10.1. The number of benzene rings is 1. The van der Waals surface area contributed by atoms with Crippen LogP contribution in [0.5, 0.6) is 5.75 Å². The molecule has 0 amide bonds. The van der Waals surface area contributed by atoms with Gasteiger partial charge in [-0.1, -0.05) is 18.2 Å². The Morgan fingerprint density at radius 3 is 2.37 bits per heavy atom. The Balaban J connectivity index is 0.00000364. The van der Waals surface area contributed by atoms with Gasteiger partial charge in [-0.25, -0.2) is 8.42 Å². The molecule has 1 aliphatic heterocycles. The highest BCUT2D eigenvalue weighted by Gasteiger charge is 2.30. The van der Waals surface area contributed by atoms with Gasteiger partial charge in [-0.05, 0) is 32.9 Å². The molecular formula is C19H32IN3O3S. The maximum atomic E-state index is 11.9. The number of para-hydroxylation sites is 1. The molecule has 0 radical (unpaired) electrons. The van der Waals surface area contributed by atoms with E-state index in [4.69, 9.17) is 4.74 Å². The highest BCUT2D eigenvalue weighted by atomic mass is 127. The Morgan fingerprint density at radius 2 is 1.85 bits per heavy atom. The quantitative estimate of drug-likeness (QED) is 0.363. The molecular weight excluding hydrogens is 477 g/mol. The summed E-state index contributed by atoms with van der Waals surface area (Å²) in [5.41, 5.74) is 0. The van der Waals surface area contributed by atoms with E-state index in [2.05, 4.69) is 15.2 Å². The SMILES string of the molecule is CCNC(=NCC(C)(C)S(C)(=O)=O)N1CCC(Oc2ccccc2)CC1.I. The molecule has 1 saturated heterocycles. The minimum atomic E-state index is -3.16. The predicted molar refractivity (Wildman–Crippen MR) is 122 cm³/mol. The molecule has 2 rings (SSSR count). The number of piperidine rings is 1. The van der Waals surface area contributed by atoms with E-state index in [1.165, 1.54) is 6.26 Å². The number of aliphatic imine (C=N–C) groups is 1. The van der Waals surface area contributed by atoms with Crippen LogP contribution in [0.2, 0.25) is 0 Å². The molecule has 1 N–H and O–H groups in total. The van der Waals surface area contributed by atoms with Crippen LogP contribution in [0.25, 0.3) is 0 Å². The van der Waals surface area contributed by atoms with Crippen molar-refractivity contribution in [1.29, 1.82) is 0 Å². The van der Waals surface area contributed by atoms with Gasteiger partial charge in [0.25, 0.3) is 0 Å². The zero-order chi connectivity index (χ0) is 19.2. The van der Waals surface area contributed by atoms with Crippen molar-refractivity contribution in [3.05, 3.63) is 30.3 Å². The summed E-state index contributed by atoms with van der Waals surface area (Å²) in [4.78, 5) is 6.78. The van der Waals surface area contributed by atoms with E-state index >= 15 is 0 Å². The Labute approximate surface area is 180 Å². The number of hydrogen-bond donors (Lipinski definition) is 1. The van der Waals surface area contributed by atoms with Crippen molar-refractivity contribution in [3.8, 4) is 5.75 Å². The number of ether oxygens (including phenoxy) is 1. The number of nitrogens with zero attached hydrogens (tertiary/aromatic N) is 2. The van der Waals surface area contributed by atoms with Gasteiger partial charge in [0.15, 0.2) is 15.8 Å². The van der Waals surface area contributed by atoms with E-state index in [9.17, 15) is 8.42 Å². The molecule has 1 heterocycles. The molecule has 0 atom stereocenters. The van der Waals surface area contributed by atoms with E-state index in [-0.39, 0.29) is 36.6 Å². The second-order valence-electron chi connectivity index (χ2n) is 7.32. The van der Waals surface area contributed by atoms with Crippen LogP contribution in [0.1, 0.15) is 33.6 Å². The van der Waals surface area contributed by atoms with Gasteiger partial charge in [-0.2, -0.15) is 0 Å². The molecule has 1 aromatic rings. The van der Waals surface area contributed by atoms with Crippen LogP contribution < -0.4 is 10.1 Å². The third-order valence-electron chi connectivity index (χ3n) is 4.74. The van der Waals surface area contributed by atoms with E-state index in [1.54, 1.807) is 13.8 Å². The van der Waals surface area contributed by atoms with Crippen LogP contribution in [-0.4, -0.2) is 62.6 Å². The van der Waals surface area contributed by atoms with Crippen LogP contribution in [0, 0.1) is 0 Å². The minimum Gasteiger partial charge on any atom is -0.490 e. The van der Waals surface area contributed by atoms with E-state index in [0.717, 1.165) is 44.2 Å². The van der Waals surface area contributed by atoms with Crippen molar-refractivity contribution in [2.45, 2.75) is 44.5 Å². The fourth-order valence-electron chi connectivity index (χ4n) is 2.69. The highest BCUT2D eigenvalue weighted by Crippen LogP contribution is 2.19. The maximum Gasteiger partial charge on any atom is 0.193 e. The average molecular weight is 509 g/mol. The molecule has 0 saturated carbocycles. The zero-order valence-electron chi connectivity index (χ0n) is 16.6. The van der Waals surface area contributed by atoms with Crippen molar-refractivity contribution in [2.75, 3.05) is 32.4 Å². The lowest BCUT2D eigenvalue weighted by molar-refractivity contribution is 0.129. The summed E-state index contributed by atoms with van der Waals surface area (Å²) in [6, 6.07) is 9.89. The first-order valence-corrected chi connectivity index (χ1v) is 11.1. The van der Waals surface area contributed by atoms with Crippen LogP contribution in [0.15, 0.2) is 35.3 Å². The van der Waals surface area contributed by atoms with Crippen LogP contribution >= 0.6 is 24.0 Å². The topological polar surface area (TPSA) is 71.0 Å². The number of halogens is 1. The van der Waals surface area contributed by atoms with Gasteiger partial charge >= 0.3 is 0 Å². The monoisotopic (exact) mass is 509 g/mol. The molecule has 1 fully saturated rings. The number of sulfone groups is 1. The summed E-state index contributed by atoms with van der Waals surface area (Å²) in [6.45, 7) is 8.12. The van der Waals surface area contributed by atoms with Gasteiger partial charge in [0.2, 0.25) is 0 Å². The summed E-state index contributed by atoms with van der Waals surface area (Å²) in [5, 5.41) is 3.28. The highest BCUT2D eigenvalue weighted by molar-refractivity contribution is 14.0. The Kier molecular flexibility index (Phi) is 9.33. The lowest BCUT2D eigenvalue weighted by Crippen LogP contribution is -2.48. The fourth-order valence-corrected chi connectivity index (χ4v) is 2.98. The summed E-state index contributed by atoms with van der Waals surface area (Å²) >= 11 is 0. The normalized spacial score (nSPS) is 16.6. The van der Waals surface area contributed by atoms with Gasteiger partial charge in [0.1, 0.15) is 11.9 Å². The second-order valence-corrected chi connectivity index (χ2v) is 9.97. The number of likely N-dealkylation sites (tertiary alicyclic amines) is 1. The summed E-state index contributed by atoms with van der Waals surface area (Å²) in [6.07, 6.45) is 3.29. The molecule has 0 bridgehead atoms. The summed E-state index contributed by atoms with van der Waals surface area (Å²) in [5.74, 6) is 1.68. The molecule has 154 valence electrons. The number of hydrogen-bond acceptors (Lipinski definition) is 4. The summed E-state index contributed by atoms with van der Waals surface area (Å²) in [7, 11) is -3.16. The van der Waals surface area contributed by atoms with Gasteiger partial charge in [-0.3, -0.25) is 4.99 Å². The van der Waals surface area contributed by atoms with Gasteiger partial charge in [-0.15, -0.1) is 24.0 Å². The smallest absolute Gasteiger partial charge is 0.193 e. The first-order valence-electron chi connectivity index (χ1n) is 9.17. The largest absolute Gasteiger partial charge is 0.490 e. The van der Waals surface area contributed by atoms with Crippen molar-refractivity contribution in [2.24, 2.45) is 4.99 Å². The Bertz CT molecular complexity index is 700. The number of nitrogens with one attached hydrogen (secondary N) is 1. The van der Waals surface area contributed by atoms with Gasteiger partial charge < -0.3 is 15.0 Å². The standard InChI is InChI=1S/C19H31N3O3S.HI/c1-5-20-18(21-15-19(2,3)26(4,23)24)22-13-11-17(12-14-22)25-16-9-7-6-8-10-16;/h6-10,17H,5,11-15H2,1-4H3,(H,20,21);1H. The maximum absolute atomic E-state index is 11.9. The summed E-state index contributed by atoms with van der Waals surface area (Å²) < 4.78 is 29.0. The molecule has 6 nitrogen and oxygen atoms in total. The van der Waals surface area contributed by atoms with E-state index < -0.39 is 14.6 Å². The first kappa shape index (κ1) is 24.0. The first-order chi connectivity index (χ1) is 12.2. The van der Waals surface area contributed by atoms with Crippen molar-refractivity contribution < 1.29 is 13.2 Å². The zero-order valence-corrected chi connectivity index (χ0v) is 19.8. The molecule has 0 spiro atoms. The fraction of sp³-hybridized carbons (Fsp3) is 0.632. The van der Waals surface area contributed by atoms with Crippen LogP contribution in [0.3, 0.4) is 0 Å². The average Bonchev–Trinajstić information content (AvgIpc) is 2.59. The molecule has 0 aromatic heterocycles. The van der Waals surface area contributed by atoms with E-state index in [1.807, 2.05) is 37.3 Å². The van der Waals surface area contributed by atoms with Crippen LogP contribution in [-0.2, 0) is 9.84 Å².